The summed E-state index contributed by atoms with van der Waals surface area (Å²) >= 11 is 0. The number of unbranched alkanes of at least 4 members (excludes halogenated alkanes) is 1. The highest BCUT2D eigenvalue weighted by atomic mass is 16.5. The number of aliphatic hydroxyl groups excluding tert-OH is 1. The van der Waals surface area contributed by atoms with Gasteiger partial charge in [-0.25, -0.2) is 4.98 Å². The summed E-state index contributed by atoms with van der Waals surface area (Å²) in [6, 6.07) is 17.2. The maximum atomic E-state index is 12.7. The molecular weight excluding hydrogens is 340 g/mol. The maximum absolute atomic E-state index is 12.7. The molecule has 3 aromatic rings. The molecule has 0 saturated carbocycles. The lowest BCUT2D eigenvalue weighted by molar-refractivity contribution is 0.0953. The lowest BCUT2D eigenvalue weighted by Gasteiger charge is -2.11. The summed E-state index contributed by atoms with van der Waals surface area (Å²) in [4.78, 5) is 17.4. The Balaban J connectivity index is 1.94. The first-order valence-electron chi connectivity index (χ1n) is 9.25. The number of hydrogen-bond donors (Lipinski definition) is 2. The number of aromatic nitrogens is 1. The Labute approximate surface area is 159 Å². The number of para-hydroxylation sites is 1. The molecule has 1 aromatic heterocycles. The normalized spacial score (nSPS) is 10.7. The number of fused-ring (bicyclic) bond motifs is 1. The van der Waals surface area contributed by atoms with E-state index in [1.54, 1.807) is 0 Å². The number of aliphatic hydroxyl groups is 1. The fourth-order valence-electron chi connectivity index (χ4n) is 2.93. The monoisotopic (exact) mass is 364 g/mol. The van der Waals surface area contributed by atoms with Crippen LogP contribution in [0.2, 0.25) is 0 Å². The van der Waals surface area contributed by atoms with Gasteiger partial charge < -0.3 is 15.2 Å². The highest BCUT2D eigenvalue weighted by Gasteiger charge is 2.13. The molecule has 0 aliphatic heterocycles. The van der Waals surface area contributed by atoms with Crippen molar-refractivity contribution in [1.29, 1.82) is 0 Å². The van der Waals surface area contributed by atoms with E-state index in [9.17, 15) is 4.79 Å². The lowest BCUT2D eigenvalue weighted by Crippen LogP contribution is -2.25. The van der Waals surface area contributed by atoms with E-state index in [-0.39, 0.29) is 12.5 Å². The number of nitrogens with zero attached hydrogens (tertiary/aromatic N) is 1. The first-order valence-corrected chi connectivity index (χ1v) is 9.25. The van der Waals surface area contributed by atoms with Crippen LogP contribution < -0.4 is 10.1 Å². The van der Waals surface area contributed by atoms with Gasteiger partial charge in [0.25, 0.3) is 5.91 Å². The van der Waals surface area contributed by atoms with Crippen LogP contribution in [0.15, 0.2) is 54.6 Å². The van der Waals surface area contributed by atoms with Crippen LogP contribution in [0, 0.1) is 0 Å². The summed E-state index contributed by atoms with van der Waals surface area (Å²) in [5.74, 6) is 0.683. The van der Waals surface area contributed by atoms with Crippen LogP contribution in [0.25, 0.3) is 22.2 Å². The fourth-order valence-corrected chi connectivity index (χ4v) is 2.93. The van der Waals surface area contributed by atoms with E-state index in [1.165, 1.54) is 0 Å². The minimum atomic E-state index is -0.126. The molecule has 0 saturated heterocycles. The topological polar surface area (TPSA) is 71.5 Å². The number of amides is 1. The molecule has 2 N–H and O–H groups in total. The summed E-state index contributed by atoms with van der Waals surface area (Å²) in [5, 5.41) is 12.6. The summed E-state index contributed by atoms with van der Waals surface area (Å²) in [5.41, 5.74) is 3.06. The van der Waals surface area contributed by atoms with Crippen LogP contribution in [-0.2, 0) is 0 Å². The van der Waals surface area contributed by atoms with E-state index in [2.05, 4.69) is 5.32 Å². The van der Waals surface area contributed by atoms with Gasteiger partial charge in [0.15, 0.2) is 0 Å². The minimum absolute atomic E-state index is 0.126. The van der Waals surface area contributed by atoms with E-state index < -0.39 is 0 Å². The van der Waals surface area contributed by atoms with Gasteiger partial charge in [-0.05, 0) is 56.2 Å². The van der Waals surface area contributed by atoms with Gasteiger partial charge in [-0.2, -0.15) is 0 Å². The molecule has 0 aliphatic rings. The van der Waals surface area contributed by atoms with Gasteiger partial charge in [0.2, 0.25) is 0 Å². The number of rotatable bonds is 8. The molecule has 0 unspecified atom stereocenters. The van der Waals surface area contributed by atoms with Gasteiger partial charge >= 0.3 is 0 Å². The van der Waals surface area contributed by atoms with Gasteiger partial charge in [-0.3, -0.25) is 4.79 Å². The quantitative estimate of drug-likeness (QED) is 0.597. The number of benzene rings is 2. The van der Waals surface area contributed by atoms with Gasteiger partial charge in [-0.15, -0.1) is 0 Å². The van der Waals surface area contributed by atoms with Crippen molar-refractivity contribution in [3.05, 3.63) is 60.2 Å². The van der Waals surface area contributed by atoms with Crippen LogP contribution in [0.4, 0.5) is 0 Å². The molecule has 2 aromatic carbocycles. The lowest BCUT2D eigenvalue weighted by atomic mass is 10.0. The van der Waals surface area contributed by atoms with Crippen molar-refractivity contribution >= 4 is 16.8 Å². The van der Waals surface area contributed by atoms with Crippen LogP contribution in [-0.4, -0.2) is 35.8 Å². The molecule has 0 atom stereocenters. The first kappa shape index (κ1) is 18.9. The second kappa shape index (κ2) is 9.14. The average Bonchev–Trinajstić information content (AvgIpc) is 2.71. The molecule has 5 heteroatoms. The smallest absolute Gasteiger partial charge is 0.252 e. The van der Waals surface area contributed by atoms with E-state index >= 15 is 0 Å². The molecule has 0 bridgehead atoms. The van der Waals surface area contributed by atoms with Crippen molar-refractivity contribution in [1.82, 2.24) is 10.3 Å². The Morgan fingerprint density at radius 3 is 2.63 bits per heavy atom. The molecule has 1 heterocycles. The fraction of sp³-hybridized carbons (Fsp3) is 0.273. The standard InChI is InChI=1S/C22H24N2O3/c1-2-27-17-11-9-16(10-12-17)21-15-19(22(26)23-13-5-6-14-25)18-7-3-4-8-20(18)24-21/h3-4,7-12,15,25H,2,5-6,13-14H2,1H3,(H,23,26). The molecule has 0 radical (unpaired) electrons. The number of nitrogens with one attached hydrogen (secondary N) is 1. The van der Waals surface area contributed by atoms with Crippen LogP contribution in [0.1, 0.15) is 30.1 Å². The summed E-state index contributed by atoms with van der Waals surface area (Å²) in [6.45, 7) is 3.24. The molecular formula is C22H24N2O3. The number of ether oxygens (including phenoxy) is 1. The number of carbonyl (C=O) groups is 1. The third kappa shape index (κ3) is 4.63. The van der Waals surface area contributed by atoms with Gasteiger partial charge in [0.05, 0.1) is 23.4 Å². The summed E-state index contributed by atoms with van der Waals surface area (Å²) in [7, 11) is 0. The molecule has 140 valence electrons. The van der Waals surface area contributed by atoms with Gasteiger partial charge in [-0.1, -0.05) is 18.2 Å². The Bertz CT molecular complexity index is 907. The SMILES string of the molecule is CCOc1ccc(-c2cc(C(=O)NCCCCO)c3ccccc3n2)cc1. The Morgan fingerprint density at radius 1 is 1.11 bits per heavy atom. The maximum Gasteiger partial charge on any atom is 0.252 e. The van der Waals surface area contributed by atoms with E-state index in [4.69, 9.17) is 14.8 Å². The van der Waals surface area contributed by atoms with E-state index in [1.807, 2.05) is 61.5 Å². The molecule has 3 rings (SSSR count). The van der Waals surface area contributed by atoms with Gasteiger partial charge in [0, 0.05) is 24.1 Å². The second-order valence-electron chi connectivity index (χ2n) is 6.22. The third-order valence-corrected chi connectivity index (χ3v) is 4.29. The van der Waals surface area contributed by atoms with Crippen molar-refractivity contribution < 1.29 is 14.6 Å². The number of carbonyl (C=O) groups excluding carboxylic acids is 1. The van der Waals surface area contributed by atoms with E-state index in [0.29, 0.717) is 25.1 Å². The highest BCUT2D eigenvalue weighted by molar-refractivity contribution is 6.07. The van der Waals surface area contributed by atoms with Crippen LogP contribution in [0.5, 0.6) is 5.75 Å². The Hall–Kier alpha value is -2.92. The Morgan fingerprint density at radius 2 is 1.89 bits per heavy atom. The van der Waals surface area contributed by atoms with Gasteiger partial charge in [0.1, 0.15) is 5.75 Å². The summed E-state index contributed by atoms with van der Waals surface area (Å²) < 4.78 is 5.49. The van der Waals surface area contributed by atoms with Crippen molar-refractivity contribution in [3.8, 4) is 17.0 Å². The molecule has 0 fully saturated rings. The molecule has 5 nitrogen and oxygen atoms in total. The van der Waals surface area contributed by atoms with E-state index in [0.717, 1.165) is 34.3 Å². The third-order valence-electron chi connectivity index (χ3n) is 4.29. The molecule has 0 aliphatic carbocycles. The molecule has 0 spiro atoms. The Kier molecular flexibility index (Phi) is 6.39. The number of hydrogen-bond acceptors (Lipinski definition) is 4. The zero-order valence-electron chi connectivity index (χ0n) is 15.4. The first-order chi connectivity index (χ1) is 13.2. The average molecular weight is 364 g/mol. The zero-order valence-corrected chi connectivity index (χ0v) is 15.4. The summed E-state index contributed by atoms with van der Waals surface area (Å²) in [6.07, 6.45) is 1.42. The second-order valence-corrected chi connectivity index (χ2v) is 6.22. The number of pyridine rings is 1. The molecule has 27 heavy (non-hydrogen) atoms. The van der Waals surface area contributed by atoms with Crippen molar-refractivity contribution in [2.24, 2.45) is 0 Å². The van der Waals surface area contributed by atoms with Crippen molar-refractivity contribution in [2.45, 2.75) is 19.8 Å². The predicted octanol–water partition coefficient (Wildman–Crippen LogP) is 3.80. The largest absolute Gasteiger partial charge is 0.494 e. The van der Waals surface area contributed by atoms with Crippen molar-refractivity contribution in [2.75, 3.05) is 19.8 Å². The molecule has 1 amide bonds. The highest BCUT2D eigenvalue weighted by Crippen LogP contribution is 2.26. The predicted molar refractivity (Wildman–Crippen MR) is 107 cm³/mol. The van der Waals surface area contributed by atoms with Crippen LogP contribution in [0.3, 0.4) is 0 Å². The zero-order chi connectivity index (χ0) is 19.1. The van der Waals surface area contributed by atoms with Crippen molar-refractivity contribution in [3.63, 3.8) is 0 Å². The minimum Gasteiger partial charge on any atom is -0.494 e. The van der Waals surface area contributed by atoms with Crippen LogP contribution >= 0.6 is 0 Å².